The van der Waals surface area contributed by atoms with Gasteiger partial charge in [0.05, 0.1) is 11.4 Å². The second-order valence-electron chi connectivity index (χ2n) is 6.48. The highest BCUT2D eigenvalue weighted by molar-refractivity contribution is 7.98. The summed E-state index contributed by atoms with van der Waals surface area (Å²) >= 11 is 1.71. The second kappa shape index (κ2) is 10.2. The molecule has 1 aliphatic carbocycles. The average Bonchev–Trinajstić information content (AvgIpc) is 3.15. The van der Waals surface area contributed by atoms with Gasteiger partial charge in [-0.2, -0.15) is 0 Å². The van der Waals surface area contributed by atoms with Gasteiger partial charge in [-0.1, -0.05) is 18.9 Å². The first-order valence-corrected chi connectivity index (χ1v) is 10.4. The van der Waals surface area contributed by atoms with E-state index in [1.165, 1.54) is 30.6 Å². The molecule has 5 heteroatoms. The van der Waals surface area contributed by atoms with Crippen molar-refractivity contribution in [2.75, 3.05) is 6.26 Å². The lowest BCUT2D eigenvalue weighted by Gasteiger charge is -2.15. The molecule has 0 atom stereocenters. The van der Waals surface area contributed by atoms with Gasteiger partial charge >= 0.3 is 0 Å². The van der Waals surface area contributed by atoms with E-state index in [1.807, 2.05) is 39.0 Å². The third-order valence-corrected chi connectivity index (χ3v) is 5.29. The van der Waals surface area contributed by atoms with Crippen molar-refractivity contribution >= 4 is 28.9 Å². The van der Waals surface area contributed by atoms with Crippen LogP contribution in [0.5, 0.6) is 0 Å². The van der Waals surface area contributed by atoms with E-state index in [4.69, 9.17) is 15.7 Å². The molecule has 0 heterocycles. The van der Waals surface area contributed by atoms with Gasteiger partial charge in [0, 0.05) is 28.4 Å². The van der Waals surface area contributed by atoms with E-state index in [0.717, 1.165) is 28.5 Å². The summed E-state index contributed by atoms with van der Waals surface area (Å²) in [7, 11) is 0. The van der Waals surface area contributed by atoms with E-state index in [0.29, 0.717) is 6.04 Å². The first-order chi connectivity index (χ1) is 12.6. The fourth-order valence-corrected chi connectivity index (χ4v) is 3.59. The zero-order valence-electron chi connectivity index (χ0n) is 16.2. The molecular weight excluding hydrogens is 340 g/mol. The monoisotopic (exact) mass is 370 g/mol. The number of thioether (sulfide) groups is 1. The molecule has 0 bridgehead atoms. The van der Waals surface area contributed by atoms with E-state index in [9.17, 15) is 0 Å². The van der Waals surface area contributed by atoms with Crippen LogP contribution in [0.1, 0.15) is 46.5 Å². The minimum Gasteiger partial charge on any atom is -0.404 e. The Balaban J connectivity index is 2.17. The van der Waals surface area contributed by atoms with Crippen molar-refractivity contribution in [1.29, 1.82) is 0 Å². The van der Waals surface area contributed by atoms with Crippen molar-refractivity contribution in [2.24, 2.45) is 15.7 Å². The van der Waals surface area contributed by atoms with Crippen LogP contribution in [-0.2, 0) is 0 Å². The lowest BCUT2D eigenvalue weighted by atomic mass is 10.1. The Morgan fingerprint density at radius 1 is 1.23 bits per heavy atom. The fourth-order valence-electron chi connectivity index (χ4n) is 3.14. The first kappa shape index (κ1) is 20.3. The Morgan fingerprint density at radius 2 is 1.96 bits per heavy atom. The van der Waals surface area contributed by atoms with Gasteiger partial charge in [0.1, 0.15) is 5.82 Å². The van der Waals surface area contributed by atoms with Gasteiger partial charge < -0.3 is 11.1 Å². The third-order valence-electron chi connectivity index (χ3n) is 4.57. The minimum absolute atomic E-state index is 0.534. The van der Waals surface area contributed by atoms with E-state index in [2.05, 4.69) is 23.7 Å². The molecule has 0 aliphatic heterocycles. The summed E-state index contributed by atoms with van der Waals surface area (Å²) in [5.41, 5.74) is 9.43. The van der Waals surface area contributed by atoms with Crippen LogP contribution >= 0.6 is 11.8 Å². The van der Waals surface area contributed by atoms with Crippen molar-refractivity contribution in [2.45, 2.75) is 57.4 Å². The molecule has 26 heavy (non-hydrogen) atoms. The Labute approximate surface area is 161 Å². The normalized spacial score (nSPS) is 17.7. The van der Waals surface area contributed by atoms with Gasteiger partial charge in [0.2, 0.25) is 0 Å². The Kier molecular flexibility index (Phi) is 7.98. The van der Waals surface area contributed by atoms with E-state index >= 15 is 0 Å². The highest BCUT2D eigenvalue weighted by Gasteiger charge is 2.15. The molecule has 0 amide bonds. The summed E-state index contributed by atoms with van der Waals surface area (Å²) in [5, 5.41) is 3.54. The second-order valence-corrected chi connectivity index (χ2v) is 7.36. The maximum Gasteiger partial charge on any atom is 0.122 e. The molecule has 1 aromatic rings. The summed E-state index contributed by atoms with van der Waals surface area (Å²) in [6.45, 7) is 5.97. The van der Waals surface area contributed by atoms with Gasteiger partial charge in [-0.15, -0.1) is 11.8 Å². The zero-order chi connectivity index (χ0) is 18.9. The zero-order valence-corrected chi connectivity index (χ0v) is 17.1. The fraction of sp³-hybridized carbons (Fsp3) is 0.429. The SMILES string of the molecule is C/C=C(/N=C(C)C(=CN)C(C)=Nc1cccc(SC)c1)NC1CCCC1. The highest BCUT2D eigenvalue weighted by atomic mass is 32.2. The average molecular weight is 371 g/mol. The number of hydrogen-bond acceptors (Lipinski definition) is 5. The molecule has 1 aromatic carbocycles. The number of rotatable bonds is 7. The van der Waals surface area contributed by atoms with Crippen molar-refractivity contribution in [1.82, 2.24) is 5.32 Å². The predicted octanol–water partition coefficient (Wildman–Crippen LogP) is 5.20. The largest absolute Gasteiger partial charge is 0.404 e. The molecule has 0 spiro atoms. The summed E-state index contributed by atoms with van der Waals surface area (Å²) in [4.78, 5) is 10.7. The van der Waals surface area contributed by atoms with Crippen LogP contribution in [0.2, 0.25) is 0 Å². The van der Waals surface area contributed by atoms with Crippen LogP contribution < -0.4 is 11.1 Å². The molecule has 0 saturated heterocycles. The van der Waals surface area contributed by atoms with Gasteiger partial charge in [-0.05, 0) is 64.1 Å². The van der Waals surface area contributed by atoms with Crippen LogP contribution in [0.3, 0.4) is 0 Å². The lowest BCUT2D eigenvalue weighted by molar-refractivity contribution is 0.580. The number of hydrogen-bond donors (Lipinski definition) is 2. The van der Waals surface area contributed by atoms with E-state index in [-0.39, 0.29) is 0 Å². The summed E-state index contributed by atoms with van der Waals surface area (Å²) in [5.74, 6) is 0.908. The first-order valence-electron chi connectivity index (χ1n) is 9.17. The van der Waals surface area contributed by atoms with Gasteiger partial charge in [-0.3, -0.25) is 4.99 Å². The van der Waals surface area contributed by atoms with Crippen LogP contribution in [0, 0.1) is 0 Å². The highest BCUT2D eigenvalue weighted by Crippen LogP contribution is 2.22. The summed E-state index contributed by atoms with van der Waals surface area (Å²) in [6, 6.07) is 8.72. The quantitative estimate of drug-likeness (QED) is 0.512. The van der Waals surface area contributed by atoms with Crippen molar-refractivity contribution in [3.8, 4) is 0 Å². The number of benzene rings is 1. The summed E-state index contributed by atoms with van der Waals surface area (Å²) in [6.07, 6.45) is 10.7. The Hall–Kier alpha value is -2.01. The molecular formula is C21H30N4S. The van der Waals surface area contributed by atoms with E-state index < -0.39 is 0 Å². The third kappa shape index (κ3) is 5.77. The molecule has 1 aliphatic rings. The van der Waals surface area contributed by atoms with Gasteiger partial charge in [0.25, 0.3) is 0 Å². The molecule has 0 aromatic heterocycles. The molecule has 0 unspecified atom stereocenters. The minimum atomic E-state index is 0.534. The van der Waals surface area contributed by atoms with Crippen molar-refractivity contribution in [3.05, 3.63) is 47.9 Å². The van der Waals surface area contributed by atoms with E-state index in [1.54, 1.807) is 18.0 Å². The Bertz CT molecular complexity index is 725. The molecule has 1 fully saturated rings. The number of allylic oxidation sites excluding steroid dienone is 2. The maximum atomic E-state index is 5.90. The van der Waals surface area contributed by atoms with Crippen LogP contribution in [0.4, 0.5) is 5.69 Å². The van der Waals surface area contributed by atoms with Crippen LogP contribution in [0.15, 0.2) is 62.8 Å². The lowest BCUT2D eigenvalue weighted by Crippen LogP contribution is -2.25. The molecule has 3 N–H and O–H groups in total. The maximum absolute atomic E-state index is 5.90. The molecule has 0 radical (unpaired) electrons. The smallest absolute Gasteiger partial charge is 0.122 e. The van der Waals surface area contributed by atoms with Gasteiger partial charge in [-0.25, -0.2) is 4.99 Å². The molecule has 4 nitrogen and oxygen atoms in total. The molecule has 1 saturated carbocycles. The number of nitrogens with zero attached hydrogens (tertiary/aromatic N) is 2. The topological polar surface area (TPSA) is 62.8 Å². The van der Waals surface area contributed by atoms with Crippen molar-refractivity contribution in [3.63, 3.8) is 0 Å². The number of nitrogens with two attached hydrogens (primary N) is 1. The predicted molar refractivity (Wildman–Crippen MR) is 116 cm³/mol. The Morgan fingerprint density at radius 3 is 2.58 bits per heavy atom. The van der Waals surface area contributed by atoms with Crippen LogP contribution in [-0.4, -0.2) is 23.7 Å². The molecule has 140 valence electrons. The van der Waals surface area contributed by atoms with Crippen LogP contribution in [0.25, 0.3) is 0 Å². The molecule has 2 rings (SSSR count). The number of nitrogens with one attached hydrogen (secondary N) is 1. The van der Waals surface area contributed by atoms with Gasteiger partial charge in [0.15, 0.2) is 0 Å². The number of aliphatic imine (C=N–C) groups is 2. The van der Waals surface area contributed by atoms with Crippen molar-refractivity contribution < 1.29 is 0 Å². The summed E-state index contributed by atoms with van der Waals surface area (Å²) < 4.78 is 0. The standard InChI is InChI=1S/C21H30N4S/c1-5-21(25-17-9-6-7-10-17)24-16(3)20(14-22)15(2)23-18-11-8-12-19(13-18)26-4/h5,8,11-14,17,25H,6-7,9-10,22H2,1-4H3/b20-14?,21-5-,23-15?,24-16?.